The van der Waals surface area contributed by atoms with Gasteiger partial charge in [-0.2, -0.15) is 5.10 Å². The van der Waals surface area contributed by atoms with Crippen LogP contribution in [-0.2, 0) is 16.6 Å². The number of rotatable bonds is 6. The van der Waals surface area contributed by atoms with Crippen molar-refractivity contribution in [2.45, 2.75) is 49.7 Å². The molecule has 4 N–H and O–H groups in total. The Morgan fingerprint density at radius 3 is 2.52 bits per heavy atom. The fourth-order valence-electron chi connectivity index (χ4n) is 3.01. The van der Waals surface area contributed by atoms with Crippen molar-refractivity contribution in [2.75, 3.05) is 20.6 Å². The lowest BCUT2D eigenvalue weighted by Gasteiger charge is -2.36. The largest absolute Gasteiger partial charge is 0.326 e. The van der Waals surface area contributed by atoms with Crippen LogP contribution in [0.15, 0.2) is 5.03 Å². The molecule has 0 amide bonds. The lowest BCUT2D eigenvalue weighted by atomic mass is 9.97. The first-order chi connectivity index (χ1) is 9.82. The standard InChI is InChI=1S/C13H25N5O2S/c1-10-11(8-14)12(17-16-10)21(19,20)15-9-13(18(2)3)6-4-5-7-13/h15H,4-9,14H2,1-3H3,(H,16,17). The first kappa shape index (κ1) is 16.4. The van der Waals surface area contributed by atoms with Crippen LogP contribution in [0.3, 0.4) is 0 Å². The maximum atomic E-state index is 12.5. The van der Waals surface area contributed by atoms with E-state index in [1.165, 1.54) is 0 Å². The zero-order chi connectivity index (χ0) is 15.7. The molecule has 0 saturated heterocycles. The molecule has 1 aromatic rings. The number of aromatic amines is 1. The highest BCUT2D eigenvalue weighted by Crippen LogP contribution is 2.33. The summed E-state index contributed by atoms with van der Waals surface area (Å²) in [7, 11) is 0.367. The SMILES string of the molecule is Cc1[nH]nc(S(=O)(=O)NCC2(N(C)C)CCCC2)c1CN. The molecular weight excluding hydrogens is 290 g/mol. The van der Waals surface area contributed by atoms with Crippen molar-refractivity contribution in [3.63, 3.8) is 0 Å². The zero-order valence-electron chi connectivity index (χ0n) is 12.9. The van der Waals surface area contributed by atoms with Gasteiger partial charge in [0, 0.05) is 29.9 Å². The number of H-pyrrole nitrogens is 1. The minimum Gasteiger partial charge on any atom is -0.326 e. The maximum absolute atomic E-state index is 12.5. The van der Waals surface area contributed by atoms with Gasteiger partial charge in [-0.15, -0.1) is 0 Å². The lowest BCUT2D eigenvalue weighted by molar-refractivity contribution is 0.162. The number of likely N-dealkylation sites (N-methyl/N-ethyl adjacent to an activating group) is 1. The Morgan fingerprint density at radius 2 is 2.00 bits per heavy atom. The van der Waals surface area contributed by atoms with E-state index in [0.29, 0.717) is 17.8 Å². The number of sulfonamides is 1. The second-order valence-electron chi connectivity index (χ2n) is 5.99. The van der Waals surface area contributed by atoms with Crippen LogP contribution in [0.4, 0.5) is 0 Å². The lowest BCUT2D eigenvalue weighted by Crippen LogP contribution is -2.50. The molecule has 120 valence electrons. The number of nitrogens with two attached hydrogens (primary N) is 1. The third-order valence-corrected chi connectivity index (χ3v) is 5.94. The van der Waals surface area contributed by atoms with E-state index in [2.05, 4.69) is 19.8 Å². The highest BCUT2D eigenvalue weighted by atomic mass is 32.2. The number of aryl methyl sites for hydroxylation is 1. The smallest absolute Gasteiger partial charge is 0.260 e. The molecule has 7 nitrogen and oxygen atoms in total. The first-order valence-electron chi connectivity index (χ1n) is 7.23. The Labute approximate surface area is 126 Å². The van der Waals surface area contributed by atoms with Gasteiger partial charge in [-0.3, -0.25) is 5.10 Å². The third kappa shape index (κ3) is 3.13. The molecule has 1 heterocycles. The molecule has 0 bridgehead atoms. The highest BCUT2D eigenvalue weighted by Gasteiger charge is 2.37. The molecule has 0 atom stereocenters. The van der Waals surface area contributed by atoms with Crippen LogP contribution < -0.4 is 10.5 Å². The minimum atomic E-state index is -3.64. The summed E-state index contributed by atoms with van der Waals surface area (Å²) in [4.78, 5) is 2.13. The van der Waals surface area contributed by atoms with Gasteiger partial charge in [-0.05, 0) is 33.9 Å². The van der Waals surface area contributed by atoms with Gasteiger partial charge in [0.05, 0.1) is 0 Å². The Hall–Kier alpha value is -0.960. The van der Waals surface area contributed by atoms with Crippen LogP contribution in [0.1, 0.15) is 36.9 Å². The number of hydrogen-bond acceptors (Lipinski definition) is 5. The third-order valence-electron chi connectivity index (χ3n) is 4.57. The Balaban J connectivity index is 2.18. The Morgan fingerprint density at radius 1 is 1.38 bits per heavy atom. The molecular formula is C13H25N5O2S. The van der Waals surface area contributed by atoms with E-state index in [0.717, 1.165) is 25.7 Å². The molecule has 8 heteroatoms. The summed E-state index contributed by atoms with van der Waals surface area (Å²) < 4.78 is 27.7. The van der Waals surface area contributed by atoms with E-state index in [1.54, 1.807) is 6.92 Å². The first-order valence-corrected chi connectivity index (χ1v) is 8.72. The summed E-state index contributed by atoms with van der Waals surface area (Å²) in [6.07, 6.45) is 4.28. The predicted octanol–water partition coefficient (Wildman–Crippen LogP) is 0.330. The van der Waals surface area contributed by atoms with Gasteiger partial charge >= 0.3 is 0 Å². The van der Waals surface area contributed by atoms with E-state index in [-0.39, 0.29) is 17.1 Å². The van der Waals surface area contributed by atoms with Gasteiger partial charge in [0.15, 0.2) is 5.03 Å². The van der Waals surface area contributed by atoms with Crippen molar-refractivity contribution in [3.8, 4) is 0 Å². The fourth-order valence-corrected chi connectivity index (χ4v) is 4.33. The summed E-state index contributed by atoms with van der Waals surface area (Å²) in [5, 5.41) is 6.62. The fraction of sp³-hybridized carbons (Fsp3) is 0.769. The zero-order valence-corrected chi connectivity index (χ0v) is 13.8. The van der Waals surface area contributed by atoms with Gasteiger partial charge in [-0.1, -0.05) is 12.8 Å². The van der Waals surface area contributed by atoms with Crippen LogP contribution >= 0.6 is 0 Å². The Kier molecular flexibility index (Phi) is 4.72. The summed E-state index contributed by atoms with van der Waals surface area (Å²) in [6.45, 7) is 2.32. The molecule has 0 spiro atoms. The van der Waals surface area contributed by atoms with Gasteiger partial charge < -0.3 is 10.6 Å². The van der Waals surface area contributed by atoms with Crippen molar-refractivity contribution in [3.05, 3.63) is 11.3 Å². The van der Waals surface area contributed by atoms with Gasteiger partial charge in [0.2, 0.25) is 0 Å². The predicted molar refractivity (Wildman–Crippen MR) is 81.3 cm³/mol. The summed E-state index contributed by atoms with van der Waals surface area (Å²) in [5.41, 5.74) is 6.77. The second kappa shape index (κ2) is 6.04. The average Bonchev–Trinajstić information content (AvgIpc) is 3.04. The van der Waals surface area contributed by atoms with E-state index in [9.17, 15) is 8.42 Å². The molecule has 0 aliphatic heterocycles. The molecule has 1 aliphatic rings. The van der Waals surface area contributed by atoms with Crippen molar-refractivity contribution in [1.82, 2.24) is 19.8 Å². The number of nitrogens with one attached hydrogen (secondary N) is 2. The molecule has 2 rings (SSSR count). The van der Waals surface area contributed by atoms with Gasteiger partial charge in [0.25, 0.3) is 10.0 Å². The second-order valence-corrected chi connectivity index (χ2v) is 7.67. The van der Waals surface area contributed by atoms with Gasteiger partial charge in [-0.25, -0.2) is 13.1 Å². The van der Waals surface area contributed by atoms with E-state index in [4.69, 9.17) is 5.73 Å². The Bertz CT molecular complexity index is 588. The minimum absolute atomic E-state index is 0.0226. The van der Waals surface area contributed by atoms with E-state index < -0.39 is 10.0 Å². The highest BCUT2D eigenvalue weighted by molar-refractivity contribution is 7.89. The molecule has 0 aromatic carbocycles. The van der Waals surface area contributed by atoms with E-state index in [1.807, 2.05) is 14.1 Å². The molecule has 1 saturated carbocycles. The molecule has 1 aromatic heterocycles. The van der Waals surface area contributed by atoms with Crippen molar-refractivity contribution in [2.24, 2.45) is 5.73 Å². The summed E-state index contributed by atoms with van der Waals surface area (Å²) in [6, 6.07) is 0. The van der Waals surface area contributed by atoms with Crippen molar-refractivity contribution >= 4 is 10.0 Å². The average molecular weight is 315 g/mol. The monoisotopic (exact) mass is 315 g/mol. The molecule has 0 radical (unpaired) electrons. The van der Waals surface area contributed by atoms with Crippen LogP contribution in [0.5, 0.6) is 0 Å². The topological polar surface area (TPSA) is 104 Å². The molecule has 21 heavy (non-hydrogen) atoms. The van der Waals surface area contributed by atoms with Crippen molar-refractivity contribution < 1.29 is 8.42 Å². The quantitative estimate of drug-likeness (QED) is 0.702. The normalized spacial score (nSPS) is 18.5. The summed E-state index contributed by atoms with van der Waals surface area (Å²) >= 11 is 0. The number of hydrogen-bond donors (Lipinski definition) is 3. The molecule has 1 aliphatic carbocycles. The van der Waals surface area contributed by atoms with E-state index >= 15 is 0 Å². The number of nitrogens with zero attached hydrogens (tertiary/aromatic N) is 2. The van der Waals surface area contributed by atoms with Crippen LogP contribution in [-0.4, -0.2) is 49.7 Å². The van der Waals surface area contributed by atoms with Crippen LogP contribution in [0, 0.1) is 6.92 Å². The van der Waals surface area contributed by atoms with Crippen LogP contribution in [0.25, 0.3) is 0 Å². The molecule has 1 fully saturated rings. The number of aromatic nitrogens is 2. The van der Waals surface area contributed by atoms with Crippen LogP contribution in [0.2, 0.25) is 0 Å². The van der Waals surface area contributed by atoms with Crippen molar-refractivity contribution in [1.29, 1.82) is 0 Å². The maximum Gasteiger partial charge on any atom is 0.260 e. The summed E-state index contributed by atoms with van der Waals surface area (Å²) in [5.74, 6) is 0. The van der Waals surface area contributed by atoms with Gasteiger partial charge in [0.1, 0.15) is 0 Å². The molecule has 0 unspecified atom stereocenters.